The van der Waals surface area contributed by atoms with E-state index in [4.69, 9.17) is 9.47 Å². The Bertz CT molecular complexity index is 201. The van der Waals surface area contributed by atoms with Gasteiger partial charge in [0.2, 0.25) is 0 Å². The molecule has 4 fully saturated rings. The molecular formula is C10H15BrO2. The predicted molar refractivity (Wildman–Crippen MR) is 52.8 cm³/mol. The van der Waals surface area contributed by atoms with Crippen molar-refractivity contribution < 1.29 is 9.47 Å². The number of rotatable bonds is 0. The van der Waals surface area contributed by atoms with Gasteiger partial charge in [-0.15, -0.1) is 0 Å². The monoisotopic (exact) mass is 246 g/mol. The van der Waals surface area contributed by atoms with E-state index in [9.17, 15) is 0 Å². The molecule has 1 atom stereocenters. The quantitative estimate of drug-likeness (QED) is 0.611. The van der Waals surface area contributed by atoms with Crippen LogP contribution in [0.5, 0.6) is 0 Å². The van der Waals surface area contributed by atoms with Crippen molar-refractivity contribution in [3.05, 3.63) is 0 Å². The molecule has 1 heterocycles. The van der Waals surface area contributed by atoms with Crippen molar-refractivity contribution in [2.45, 2.75) is 36.3 Å². The molecule has 1 aliphatic heterocycles. The van der Waals surface area contributed by atoms with Gasteiger partial charge in [0, 0.05) is 5.92 Å². The number of fused-ring (bicyclic) bond motifs is 2. The van der Waals surface area contributed by atoms with Gasteiger partial charge in [0.25, 0.3) is 0 Å². The van der Waals surface area contributed by atoms with Gasteiger partial charge in [-0.25, -0.2) is 0 Å². The summed E-state index contributed by atoms with van der Waals surface area (Å²) >= 11 is 3.78. The van der Waals surface area contributed by atoms with E-state index in [0.29, 0.717) is 10.7 Å². The Morgan fingerprint density at radius 2 is 1.62 bits per heavy atom. The van der Waals surface area contributed by atoms with Crippen LogP contribution in [0.4, 0.5) is 0 Å². The van der Waals surface area contributed by atoms with Crippen LogP contribution in [0.1, 0.15) is 25.7 Å². The van der Waals surface area contributed by atoms with E-state index in [1.807, 2.05) is 0 Å². The van der Waals surface area contributed by atoms with Crippen LogP contribution >= 0.6 is 15.9 Å². The van der Waals surface area contributed by atoms with Gasteiger partial charge in [-0.1, -0.05) is 15.9 Å². The van der Waals surface area contributed by atoms with Crippen LogP contribution in [-0.2, 0) is 9.47 Å². The maximum absolute atomic E-state index is 5.86. The number of alkyl halides is 1. The van der Waals surface area contributed by atoms with Crippen molar-refractivity contribution in [1.82, 2.24) is 0 Å². The molecule has 0 amide bonds. The van der Waals surface area contributed by atoms with Gasteiger partial charge in [0.15, 0.2) is 5.79 Å². The Morgan fingerprint density at radius 3 is 2.15 bits per heavy atom. The second-order valence-corrected chi connectivity index (χ2v) is 5.42. The molecule has 4 aliphatic rings. The van der Waals surface area contributed by atoms with Gasteiger partial charge < -0.3 is 9.47 Å². The minimum absolute atomic E-state index is 0.235. The Morgan fingerprint density at radius 1 is 1.00 bits per heavy atom. The zero-order valence-electron chi connectivity index (χ0n) is 7.67. The van der Waals surface area contributed by atoms with Crippen LogP contribution in [0, 0.1) is 11.8 Å². The molecule has 0 aromatic carbocycles. The summed E-state index contributed by atoms with van der Waals surface area (Å²) in [6, 6.07) is 0. The first kappa shape index (κ1) is 8.69. The third-order valence-corrected chi connectivity index (χ3v) is 5.26. The molecule has 0 radical (unpaired) electrons. The highest BCUT2D eigenvalue weighted by Crippen LogP contribution is 2.54. The number of ether oxygens (including phenoxy) is 2. The molecular weight excluding hydrogens is 232 g/mol. The predicted octanol–water partition coefficient (Wildman–Crippen LogP) is 2.31. The Kier molecular flexibility index (Phi) is 1.97. The van der Waals surface area contributed by atoms with Gasteiger partial charge in [0.1, 0.15) is 0 Å². The second kappa shape index (κ2) is 2.94. The van der Waals surface area contributed by atoms with E-state index >= 15 is 0 Å². The molecule has 0 aromatic heterocycles. The summed E-state index contributed by atoms with van der Waals surface area (Å²) in [5.74, 6) is 1.19. The summed E-state index contributed by atoms with van der Waals surface area (Å²) in [4.78, 5) is 0.440. The molecule has 3 aliphatic carbocycles. The first-order chi connectivity index (χ1) is 6.33. The largest absolute Gasteiger partial charge is 0.346 e. The third-order valence-electron chi connectivity index (χ3n) is 3.88. The van der Waals surface area contributed by atoms with Crippen LogP contribution < -0.4 is 0 Å². The fourth-order valence-corrected chi connectivity index (χ4v) is 4.37. The van der Waals surface area contributed by atoms with E-state index in [2.05, 4.69) is 15.9 Å². The summed E-state index contributed by atoms with van der Waals surface area (Å²) in [7, 11) is 0. The highest BCUT2D eigenvalue weighted by atomic mass is 79.9. The summed E-state index contributed by atoms with van der Waals surface area (Å²) in [5.41, 5.74) is 0. The standard InChI is InChI=1S/C10H15BrO2/c11-9-7-1-3-8(4-2-7)10(9)12-5-6-13-10/h7-9H,1-6H2. The molecule has 0 N–H and O–H groups in total. The van der Waals surface area contributed by atoms with E-state index < -0.39 is 0 Å². The minimum atomic E-state index is -0.235. The molecule has 1 spiro atoms. The highest BCUT2D eigenvalue weighted by molar-refractivity contribution is 9.09. The molecule has 1 unspecified atom stereocenters. The van der Waals surface area contributed by atoms with Gasteiger partial charge >= 0.3 is 0 Å². The third kappa shape index (κ3) is 1.07. The van der Waals surface area contributed by atoms with Crippen molar-refractivity contribution in [3.63, 3.8) is 0 Å². The molecule has 13 heavy (non-hydrogen) atoms. The van der Waals surface area contributed by atoms with E-state index in [0.717, 1.165) is 19.1 Å². The molecule has 3 heteroatoms. The maximum Gasteiger partial charge on any atom is 0.184 e. The molecule has 0 aromatic rings. The maximum atomic E-state index is 5.86. The number of hydrogen-bond acceptors (Lipinski definition) is 2. The van der Waals surface area contributed by atoms with Gasteiger partial charge in [0.05, 0.1) is 18.0 Å². The summed E-state index contributed by atoms with van der Waals surface area (Å²) in [5, 5.41) is 0. The smallest absolute Gasteiger partial charge is 0.184 e. The second-order valence-electron chi connectivity index (χ2n) is 4.43. The lowest BCUT2D eigenvalue weighted by atomic mass is 9.67. The molecule has 3 saturated carbocycles. The van der Waals surface area contributed by atoms with Crippen LogP contribution in [0.25, 0.3) is 0 Å². The Labute approximate surface area is 87.1 Å². The molecule has 2 bridgehead atoms. The summed E-state index contributed by atoms with van der Waals surface area (Å²) in [6.45, 7) is 1.57. The average Bonchev–Trinajstić information content (AvgIpc) is 2.64. The Hall–Kier alpha value is 0.400. The van der Waals surface area contributed by atoms with Crippen LogP contribution in [-0.4, -0.2) is 23.8 Å². The number of hydrogen-bond donors (Lipinski definition) is 0. The van der Waals surface area contributed by atoms with Crippen LogP contribution in [0.15, 0.2) is 0 Å². The SMILES string of the molecule is BrC1C2CCC(CC2)C12OCCO2. The Balaban J connectivity index is 1.93. The van der Waals surface area contributed by atoms with Crippen LogP contribution in [0.2, 0.25) is 0 Å². The van der Waals surface area contributed by atoms with Crippen molar-refractivity contribution in [3.8, 4) is 0 Å². The zero-order valence-corrected chi connectivity index (χ0v) is 9.26. The topological polar surface area (TPSA) is 18.5 Å². The van der Waals surface area contributed by atoms with E-state index in [1.165, 1.54) is 25.7 Å². The summed E-state index contributed by atoms with van der Waals surface area (Å²) < 4.78 is 11.7. The molecule has 4 rings (SSSR count). The average molecular weight is 247 g/mol. The lowest BCUT2D eigenvalue weighted by Gasteiger charge is -2.51. The highest BCUT2D eigenvalue weighted by Gasteiger charge is 2.57. The molecule has 74 valence electrons. The van der Waals surface area contributed by atoms with Crippen molar-refractivity contribution in [2.24, 2.45) is 11.8 Å². The van der Waals surface area contributed by atoms with Crippen molar-refractivity contribution in [2.75, 3.05) is 13.2 Å². The summed E-state index contributed by atoms with van der Waals surface area (Å²) in [6.07, 6.45) is 5.31. The first-order valence-electron chi connectivity index (χ1n) is 5.25. The fourth-order valence-electron chi connectivity index (χ4n) is 3.21. The zero-order chi connectivity index (χ0) is 8.89. The molecule has 1 saturated heterocycles. The van der Waals surface area contributed by atoms with Crippen LogP contribution in [0.3, 0.4) is 0 Å². The first-order valence-corrected chi connectivity index (χ1v) is 6.16. The van der Waals surface area contributed by atoms with Crippen molar-refractivity contribution in [1.29, 1.82) is 0 Å². The van der Waals surface area contributed by atoms with Gasteiger partial charge in [-0.2, -0.15) is 0 Å². The van der Waals surface area contributed by atoms with Gasteiger partial charge in [-0.05, 0) is 31.6 Å². The minimum Gasteiger partial charge on any atom is -0.346 e. The lowest BCUT2D eigenvalue weighted by molar-refractivity contribution is -0.231. The van der Waals surface area contributed by atoms with Crippen molar-refractivity contribution >= 4 is 15.9 Å². The molecule has 2 nitrogen and oxygen atoms in total. The lowest BCUT2D eigenvalue weighted by Crippen LogP contribution is -2.56. The van der Waals surface area contributed by atoms with E-state index in [-0.39, 0.29) is 5.79 Å². The fraction of sp³-hybridized carbons (Fsp3) is 1.00. The normalized spacial score (nSPS) is 47.3. The van der Waals surface area contributed by atoms with E-state index in [1.54, 1.807) is 0 Å². The van der Waals surface area contributed by atoms with Gasteiger partial charge in [-0.3, -0.25) is 0 Å². The number of halogens is 1.